The van der Waals surface area contributed by atoms with E-state index in [2.05, 4.69) is 0 Å². The van der Waals surface area contributed by atoms with Gasteiger partial charge in [-0.3, -0.25) is 4.79 Å². The second-order valence-electron chi connectivity index (χ2n) is 2.59. The Bertz CT molecular complexity index is 476. The molecule has 0 aliphatic heterocycles. The molecule has 1 aromatic carbocycles. The maximum atomic E-state index is 13.1. The lowest BCUT2D eigenvalue weighted by Gasteiger charge is -1.93. The molecule has 0 fully saturated rings. The van der Waals surface area contributed by atoms with Crippen LogP contribution in [0.15, 0.2) is 18.2 Å². The molecule has 0 radical (unpaired) electrons. The summed E-state index contributed by atoms with van der Waals surface area (Å²) in [7, 11) is 0. The number of carbonyl (C=O) groups excluding carboxylic acids is 1. The van der Waals surface area contributed by atoms with E-state index >= 15 is 0 Å². The molecule has 2 aromatic rings. The average Bonchev–Trinajstić information content (AvgIpc) is 2.46. The fourth-order valence-corrected chi connectivity index (χ4v) is 1.94. The molecule has 0 atom stereocenters. The highest BCUT2D eigenvalue weighted by atomic mass is 32.1. The molecule has 0 saturated carbocycles. The molecular weight excluding hydrogens is 194 g/mol. The fraction of sp³-hybridized carbons (Fsp3) is 0. The molecule has 1 nitrogen and oxygen atoms in total. The topological polar surface area (TPSA) is 17.1 Å². The highest BCUT2D eigenvalue weighted by Gasteiger charge is 2.07. The van der Waals surface area contributed by atoms with E-state index in [4.69, 9.17) is 0 Å². The lowest BCUT2D eigenvalue weighted by molar-refractivity contribution is 0.112. The Hall–Kier alpha value is -1.29. The second kappa shape index (κ2) is 2.88. The SMILES string of the molecule is O=Cc1cc(F)c2sc(F)cc2c1. The second-order valence-corrected chi connectivity index (χ2v) is 3.59. The van der Waals surface area contributed by atoms with Gasteiger partial charge in [0, 0.05) is 5.56 Å². The summed E-state index contributed by atoms with van der Waals surface area (Å²) in [6.07, 6.45) is 0.540. The summed E-state index contributed by atoms with van der Waals surface area (Å²) < 4.78 is 26.1. The monoisotopic (exact) mass is 198 g/mol. The Morgan fingerprint density at radius 3 is 2.69 bits per heavy atom. The lowest BCUT2D eigenvalue weighted by atomic mass is 10.2. The molecule has 0 N–H and O–H groups in total. The first-order valence-electron chi connectivity index (χ1n) is 3.54. The number of rotatable bonds is 1. The predicted octanol–water partition coefficient (Wildman–Crippen LogP) is 2.99. The van der Waals surface area contributed by atoms with Crippen LogP contribution < -0.4 is 0 Å². The molecule has 0 aliphatic carbocycles. The number of hydrogen-bond acceptors (Lipinski definition) is 2. The van der Waals surface area contributed by atoms with Crippen LogP contribution in [0.3, 0.4) is 0 Å². The van der Waals surface area contributed by atoms with Crippen LogP contribution in [-0.4, -0.2) is 6.29 Å². The minimum Gasteiger partial charge on any atom is -0.298 e. The summed E-state index contributed by atoms with van der Waals surface area (Å²) in [5.41, 5.74) is 0.225. The van der Waals surface area contributed by atoms with Crippen molar-refractivity contribution in [3.63, 3.8) is 0 Å². The number of aldehydes is 1. The molecule has 0 bridgehead atoms. The van der Waals surface area contributed by atoms with E-state index in [-0.39, 0.29) is 10.3 Å². The molecule has 1 heterocycles. The van der Waals surface area contributed by atoms with Crippen molar-refractivity contribution in [3.05, 3.63) is 34.7 Å². The van der Waals surface area contributed by atoms with Crippen molar-refractivity contribution in [2.45, 2.75) is 0 Å². The quantitative estimate of drug-likeness (QED) is 0.644. The van der Waals surface area contributed by atoms with Crippen LogP contribution in [0.25, 0.3) is 10.1 Å². The van der Waals surface area contributed by atoms with Gasteiger partial charge in [-0.05, 0) is 23.6 Å². The van der Waals surface area contributed by atoms with E-state index in [1.165, 1.54) is 12.1 Å². The van der Waals surface area contributed by atoms with Gasteiger partial charge in [0.05, 0.1) is 4.70 Å². The van der Waals surface area contributed by atoms with Crippen molar-refractivity contribution >= 4 is 27.7 Å². The minimum absolute atomic E-state index is 0.225. The largest absolute Gasteiger partial charge is 0.298 e. The van der Waals surface area contributed by atoms with Gasteiger partial charge in [-0.1, -0.05) is 0 Å². The number of thiophene rings is 1. The minimum atomic E-state index is -0.548. The molecule has 0 amide bonds. The first-order chi connectivity index (χ1) is 6.20. The zero-order valence-electron chi connectivity index (χ0n) is 6.38. The van der Waals surface area contributed by atoms with Gasteiger partial charge in [-0.2, -0.15) is 4.39 Å². The molecule has 2 rings (SSSR count). The van der Waals surface area contributed by atoms with Gasteiger partial charge in [-0.15, -0.1) is 11.3 Å². The Morgan fingerprint density at radius 1 is 1.23 bits per heavy atom. The number of fused-ring (bicyclic) bond motifs is 1. The van der Waals surface area contributed by atoms with Gasteiger partial charge in [0.2, 0.25) is 0 Å². The van der Waals surface area contributed by atoms with Gasteiger partial charge in [0.1, 0.15) is 12.1 Å². The van der Waals surface area contributed by atoms with Crippen molar-refractivity contribution in [1.82, 2.24) is 0 Å². The van der Waals surface area contributed by atoms with Crippen LogP contribution >= 0.6 is 11.3 Å². The van der Waals surface area contributed by atoms with Crippen molar-refractivity contribution in [3.8, 4) is 0 Å². The van der Waals surface area contributed by atoms with Crippen LogP contribution in [0.2, 0.25) is 0 Å². The summed E-state index contributed by atoms with van der Waals surface area (Å²) in [6, 6.07) is 3.78. The van der Waals surface area contributed by atoms with Crippen LogP contribution in [0.4, 0.5) is 8.78 Å². The summed E-state index contributed by atoms with van der Waals surface area (Å²) in [4.78, 5) is 10.4. The molecule has 0 saturated heterocycles. The molecule has 0 aliphatic rings. The van der Waals surface area contributed by atoms with Gasteiger partial charge in [0.25, 0.3) is 0 Å². The first-order valence-corrected chi connectivity index (χ1v) is 4.36. The molecule has 4 heteroatoms. The van der Waals surface area contributed by atoms with E-state index in [1.807, 2.05) is 0 Å². The zero-order valence-corrected chi connectivity index (χ0v) is 7.20. The van der Waals surface area contributed by atoms with Crippen LogP contribution in [0, 0.1) is 10.9 Å². The molecule has 0 unspecified atom stereocenters. The highest BCUT2D eigenvalue weighted by Crippen LogP contribution is 2.27. The Balaban J connectivity index is 2.82. The summed E-state index contributed by atoms with van der Waals surface area (Å²) >= 11 is 0.740. The molecule has 66 valence electrons. The van der Waals surface area contributed by atoms with E-state index in [1.54, 1.807) is 0 Å². The zero-order chi connectivity index (χ0) is 9.42. The van der Waals surface area contributed by atoms with Gasteiger partial charge in [0.15, 0.2) is 5.13 Å². The maximum absolute atomic E-state index is 13.1. The van der Waals surface area contributed by atoms with Crippen LogP contribution in [0.1, 0.15) is 10.4 Å². The van der Waals surface area contributed by atoms with Crippen molar-refractivity contribution in [1.29, 1.82) is 0 Å². The highest BCUT2D eigenvalue weighted by molar-refractivity contribution is 7.17. The third-order valence-corrected chi connectivity index (χ3v) is 2.65. The molecule has 13 heavy (non-hydrogen) atoms. The van der Waals surface area contributed by atoms with E-state index < -0.39 is 10.9 Å². The summed E-state index contributed by atoms with van der Waals surface area (Å²) in [5, 5.41) is -0.0125. The van der Waals surface area contributed by atoms with E-state index in [0.29, 0.717) is 11.7 Å². The molecular formula is C9H4F2OS. The number of halogens is 2. The Morgan fingerprint density at radius 2 is 2.00 bits per heavy atom. The Kier molecular flexibility index (Phi) is 1.84. The average molecular weight is 198 g/mol. The smallest absolute Gasteiger partial charge is 0.177 e. The summed E-state index contributed by atoms with van der Waals surface area (Å²) in [5.74, 6) is -0.548. The Labute approximate surface area is 76.6 Å². The number of carbonyl (C=O) groups is 1. The maximum Gasteiger partial charge on any atom is 0.177 e. The fourth-order valence-electron chi connectivity index (χ4n) is 1.17. The van der Waals surface area contributed by atoms with Gasteiger partial charge in [-0.25, -0.2) is 4.39 Å². The third kappa shape index (κ3) is 1.33. The van der Waals surface area contributed by atoms with E-state index in [9.17, 15) is 13.6 Å². The number of hydrogen-bond donors (Lipinski definition) is 0. The van der Waals surface area contributed by atoms with Crippen molar-refractivity contribution in [2.24, 2.45) is 0 Å². The standard InChI is InChI=1S/C9H4F2OS/c10-7-2-5(4-12)1-6-3-8(11)13-9(6)7/h1-4H. The van der Waals surface area contributed by atoms with Crippen LogP contribution in [0.5, 0.6) is 0 Å². The van der Waals surface area contributed by atoms with Gasteiger partial charge < -0.3 is 0 Å². The van der Waals surface area contributed by atoms with Crippen molar-refractivity contribution in [2.75, 3.05) is 0 Å². The third-order valence-electron chi connectivity index (χ3n) is 1.70. The molecule has 1 aromatic heterocycles. The summed E-state index contributed by atoms with van der Waals surface area (Å²) in [6.45, 7) is 0. The van der Waals surface area contributed by atoms with Crippen molar-refractivity contribution < 1.29 is 13.6 Å². The van der Waals surface area contributed by atoms with E-state index in [0.717, 1.165) is 17.4 Å². The first kappa shape index (κ1) is 8.31. The normalized spacial score (nSPS) is 10.6. The van der Waals surface area contributed by atoms with Gasteiger partial charge >= 0.3 is 0 Å². The number of benzene rings is 1. The lowest BCUT2D eigenvalue weighted by Crippen LogP contribution is -1.81. The van der Waals surface area contributed by atoms with Crippen LogP contribution in [-0.2, 0) is 0 Å². The predicted molar refractivity (Wildman–Crippen MR) is 47.1 cm³/mol. The molecule has 0 spiro atoms.